The maximum atomic E-state index is 9.19. The predicted octanol–water partition coefficient (Wildman–Crippen LogP) is 1.80. The molecule has 2 nitrogen and oxygen atoms in total. The van der Waals surface area contributed by atoms with Crippen LogP contribution in [-0.2, 0) is 0 Å². The molecule has 1 fully saturated rings. The van der Waals surface area contributed by atoms with Gasteiger partial charge in [-0.25, -0.2) is 0 Å². The Morgan fingerprint density at radius 1 is 1.25 bits per heavy atom. The topological polar surface area (TPSA) is 25.2 Å². The molecule has 66 valence electrons. The molecule has 0 unspecified atom stereocenters. The zero-order chi connectivity index (χ0) is 8.72. The molecule has 12 heavy (non-hydrogen) atoms. The van der Waals surface area contributed by atoms with Crippen molar-refractivity contribution in [2.75, 3.05) is 0 Å². The minimum absolute atomic E-state index is 0.0591. The minimum Gasteiger partial charge on any atom is -0.393 e. The lowest BCUT2D eigenvalue weighted by Crippen LogP contribution is -2.31. The first kappa shape index (κ1) is 7.87. The van der Waals surface area contributed by atoms with Crippen molar-refractivity contribution in [3.05, 3.63) is 23.5 Å². The van der Waals surface area contributed by atoms with Crippen molar-refractivity contribution < 1.29 is 5.11 Å². The number of rotatable bonds is 1. The molecular weight excluding hydrogens is 150 g/mol. The van der Waals surface area contributed by atoms with E-state index in [1.54, 1.807) is 0 Å². The lowest BCUT2D eigenvalue weighted by Gasteiger charge is -2.34. The summed E-state index contributed by atoms with van der Waals surface area (Å²) in [6.07, 6.45) is 1.79. The molecule has 1 aromatic rings. The van der Waals surface area contributed by atoms with Crippen LogP contribution in [0.25, 0.3) is 0 Å². The molecule has 0 bridgehead atoms. The summed E-state index contributed by atoms with van der Waals surface area (Å²) in [5, 5.41) is 9.19. The zero-order valence-electron chi connectivity index (χ0n) is 7.62. The second kappa shape index (κ2) is 2.63. The van der Waals surface area contributed by atoms with Crippen LogP contribution >= 0.6 is 0 Å². The van der Waals surface area contributed by atoms with Gasteiger partial charge in [-0.3, -0.25) is 0 Å². The van der Waals surface area contributed by atoms with Gasteiger partial charge in [0.2, 0.25) is 0 Å². The summed E-state index contributed by atoms with van der Waals surface area (Å²) >= 11 is 0. The summed E-state index contributed by atoms with van der Waals surface area (Å²) in [4.78, 5) is 0. The van der Waals surface area contributed by atoms with E-state index in [9.17, 15) is 5.11 Å². The number of aromatic nitrogens is 1. The van der Waals surface area contributed by atoms with Gasteiger partial charge in [-0.15, -0.1) is 0 Å². The average molecular weight is 165 g/mol. The van der Waals surface area contributed by atoms with E-state index in [1.165, 1.54) is 11.4 Å². The van der Waals surface area contributed by atoms with E-state index in [4.69, 9.17) is 0 Å². The Bertz CT molecular complexity index is 265. The van der Waals surface area contributed by atoms with Gasteiger partial charge in [0.15, 0.2) is 0 Å². The van der Waals surface area contributed by atoms with Crippen LogP contribution in [0, 0.1) is 13.8 Å². The largest absolute Gasteiger partial charge is 0.393 e. The molecule has 0 atom stereocenters. The normalized spacial score (nSPS) is 28.6. The smallest absolute Gasteiger partial charge is 0.0579 e. The van der Waals surface area contributed by atoms with E-state index in [-0.39, 0.29) is 6.10 Å². The average Bonchev–Trinajstić information content (AvgIpc) is 2.26. The molecule has 2 rings (SSSR count). The Balaban J connectivity index is 2.22. The van der Waals surface area contributed by atoms with Gasteiger partial charge in [0.1, 0.15) is 0 Å². The number of nitrogens with zero attached hydrogens (tertiary/aromatic N) is 1. The van der Waals surface area contributed by atoms with Gasteiger partial charge in [-0.2, -0.15) is 0 Å². The second-order valence-electron chi connectivity index (χ2n) is 3.77. The summed E-state index contributed by atoms with van der Waals surface area (Å²) in [5.41, 5.74) is 2.62. The summed E-state index contributed by atoms with van der Waals surface area (Å²) in [6.45, 7) is 4.25. The predicted molar refractivity (Wildman–Crippen MR) is 48.2 cm³/mol. The highest BCUT2D eigenvalue weighted by Gasteiger charge is 2.29. The van der Waals surface area contributed by atoms with Crippen LogP contribution in [0.2, 0.25) is 0 Å². The molecule has 1 aliphatic rings. The third-order valence-corrected chi connectivity index (χ3v) is 2.78. The molecule has 0 spiro atoms. The zero-order valence-corrected chi connectivity index (χ0v) is 7.62. The van der Waals surface area contributed by atoms with E-state index >= 15 is 0 Å². The fourth-order valence-electron chi connectivity index (χ4n) is 2.03. The summed E-state index contributed by atoms with van der Waals surface area (Å²) in [6, 6.07) is 4.83. The van der Waals surface area contributed by atoms with Crippen molar-refractivity contribution in [3.63, 3.8) is 0 Å². The van der Waals surface area contributed by atoms with Crippen molar-refractivity contribution in [2.45, 2.75) is 38.8 Å². The third-order valence-electron chi connectivity index (χ3n) is 2.78. The van der Waals surface area contributed by atoms with E-state index < -0.39 is 0 Å². The lowest BCUT2D eigenvalue weighted by molar-refractivity contribution is 0.0472. The molecule has 0 radical (unpaired) electrons. The number of aliphatic hydroxyl groups excluding tert-OH is 1. The summed E-state index contributed by atoms with van der Waals surface area (Å²) in [5.74, 6) is 0. The first-order valence-corrected chi connectivity index (χ1v) is 4.51. The van der Waals surface area contributed by atoms with Gasteiger partial charge in [-0.1, -0.05) is 0 Å². The first-order valence-electron chi connectivity index (χ1n) is 4.51. The highest BCUT2D eigenvalue weighted by atomic mass is 16.3. The maximum Gasteiger partial charge on any atom is 0.0579 e. The summed E-state index contributed by atoms with van der Waals surface area (Å²) in [7, 11) is 0. The van der Waals surface area contributed by atoms with Crippen molar-refractivity contribution in [1.82, 2.24) is 4.57 Å². The van der Waals surface area contributed by atoms with Crippen molar-refractivity contribution >= 4 is 0 Å². The molecule has 0 saturated heterocycles. The van der Waals surface area contributed by atoms with Crippen molar-refractivity contribution in [1.29, 1.82) is 0 Å². The van der Waals surface area contributed by atoms with Crippen LogP contribution in [-0.4, -0.2) is 15.8 Å². The Morgan fingerprint density at radius 2 is 1.75 bits per heavy atom. The number of aryl methyl sites for hydroxylation is 2. The summed E-state index contributed by atoms with van der Waals surface area (Å²) < 4.78 is 2.33. The van der Waals surface area contributed by atoms with Crippen LogP contribution < -0.4 is 0 Å². The molecule has 0 aliphatic heterocycles. The number of aliphatic hydroxyl groups is 1. The Morgan fingerprint density at radius 3 is 2.17 bits per heavy atom. The molecule has 1 N–H and O–H groups in total. The molecule has 1 heterocycles. The molecule has 1 aliphatic carbocycles. The van der Waals surface area contributed by atoms with E-state index in [0.29, 0.717) is 6.04 Å². The maximum absolute atomic E-state index is 9.19. The first-order chi connectivity index (χ1) is 5.68. The Labute approximate surface area is 72.8 Å². The standard InChI is InChI=1S/C10H15NO/c1-7-3-4-8(2)11(7)9-5-10(12)6-9/h3-4,9-10,12H,5-6H2,1-2H3. The second-order valence-corrected chi connectivity index (χ2v) is 3.77. The monoisotopic (exact) mass is 165 g/mol. The van der Waals surface area contributed by atoms with Gasteiger partial charge in [0.25, 0.3) is 0 Å². The number of hydrogen-bond acceptors (Lipinski definition) is 1. The third kappa shape index (κ3) is 1.07. The molecule has 0 amide bonds. The minimum atomic E-state index is -0.0591. The Kier molecular flexibility index (Phi) is 1.72. The van der Waals surface area contributed by atoms with E-state index in [0.717, 1.165) is 12.8 Å². The fourth-order valence-corrected chi connectivity index (χ4v) is 2.03. The van der Waals surface area contributed by atoms with Crippen LogP contribution in [0.4, 0.5) is 0 Å². The van der Waals surface area contributed by atoms with Crippen LogP contribution in [0.3, 0.4) is 0 Å². The van der Waals surface area contributed by atoms with E-state index in [1.807, 2.05) is 0 Å². The Hall–Kier alpha value is -0.760. The molecule has 0 aromatic carbocycles. The van der Waals surface area contributed by atoms with Gasteiger partial charge >= 0.3 is 0 Å². The fraction of sp³-hybridized carbons (Fsp3) is 0.600. The van der Waals surface area contributed by atoms with Crippen LogP contribution in [0.5, 0.6) is 0 Å². The molecule has 1 saturated carbocycles. The van der Waals surface area contributed by atoms with Gasteiger partial charge in [-0.05, 0) is 38.8 Å². The molecular formula is C10H15NO. The molecule has 2 heteroatoms. The van der Waals surface area contributed by atoms with Crippen LogP contribution in [0.15, 0.2) is 12.1 Å². The highest BCUT2D eigenvalue weighted by Crippen LogP contribution is 2.34. The lowest BCUT2D eigenvalue weighted by atomic mass is 9.89. The highest BCUT2D eigenvalue weighted by molar-refractivity contribution is 5.16. The van der Waals surface area contributed by atoms with Crippen molar-refractivity contribution in [2.24, 2.45) is 0 Å². The van der Waals surface area contributed by atoms with Gasteiger partial charge in [0.05, 0.1) is 6.10 Å². The quantitative estimate of drug-likeness (QED) is 0.674. The van der Waals surface area contributed by atoms with Gasteiger partial charge < -0.3 is 9.67 Å². The SMILES string of the molecule is Cc1ccc(C)n1C1CC(O)C1. The van der Waals surface area contributed by atoms with E-state index in [2.05, 4.69) is 30.5 Å². The molecule has 1 aromatic heterocycles. The number of hydrogen-bond donors (Lipinski definition) is 1. The van der Waals surface area contributed by atoms with Gasteiger partial charge in [0, 0.05) is 17.4 Å². The van der Waals surface area contributed by atoms with Crippen LogP contribution in [0.1, 0.15) is 30.3 Å². The van der Waals surface area contributed by atoms with Crippen molar-refractivity contribution in [3.8, 4) is 0 Å².